The summed E-state index contributed by atoms with van der Waals surface area (Å²) in [5, 5.41) is 20.0. The van der Waals surface area contributed by atoms with Crippen LogP contribution in [0.5, 0.6) is 0 Å². The smallest absolute Gasteiger partial charge is 0.272 e. The molecule has 0 radical (unpaired) electrons. The Morgan fingerprint density at radius 1 is 1.39 bits per heavy atom. The molecule has 1 aromatic rings. The number of aliphatic hydroxyl groups is 1. The minimum atomic E-state index is -0.304. The number of nitro benzene ring substituents is 1. The molecule has 0 amide bonds. The average Bonchev–Trinajstić information content (AvgIpc) is 2.54. The van der Waals surface area contributed by atoms with E-state index in [9.17, 15) is 10.1 Å². The molecule has 1 saturated heterocycles. The first kappa shape index (κ1) is 17.8. The van der Waals surface area contributed by atoms with Gasteiger partial charge in [0.15, 0.2) is 0 Å². The molecule has 1 aliphatic rings. The Kier molecular flexibility index (Phi) is 6.50. The molecule has 1 aliphatic heterocycles. The molecule has 0 unspecified atom stereocenters. The largest absolute Gasteiger partial charge is 0.396 e. The van der Waals surface area contributed by atoms with Crippen LogP contribution < -0.4 is 0 Å². The van der Waals surface area contributed by atoms with Crippen LogP contribution in [-0.4, -0.2) is 59.2 Å². The van der Waals surface area contributed by atoms with Crippen molar-refractivity contribution in [2.24, 2.45) is 0 Å². The molecule has 128 valence electrons. The number of rotatable bonds is 7. The van der Waals surface area contributed by atoms with Gasteiger partial charge in [0.2, 0.25) is 0 Å². The van der Waals surface area contributed by atoms with Crippen molar-refractivity contribution in [3.63, 3.8) is 0 Å². The fraction of sp³-hybridized carbons (Fsp3) is 0.647. The van der Waals surface area contributed by atoms with Gasteiger partial charge in [0.1, 0.15) is 0 Å². The predicted molar refractivity (Wildman–Crippen MR) is 90.5 cm³/mol. The summed E-state index contributed by atoms with van der Waals surface area (Å²) in [5.41, 5.74) is 1.93. The maximum atomic E-state index is 11.0. The molecule has 0 aliphatic carbocycles. The summed E-state index contributed by atoms with van der Waals surface area (Å²) in [6.45, 7) is 5.75. The number of nitro groups is 1. The molecular weight excluding hydrogens is 294 g/mol. The van der Waals surface area contributed by atoms with Crippen molar-refractivity contribution in [1.82, 2.24) is 9.80 Å². The molecule has 0 atom stereocenters. The Morgan fingerprint density at radius 2 is 2.09 bits per heavy atom. The summed E-state index contributed by atoms with van der Waals surface area (Å²) in [4.78, 5) is 15.4. The molecule has 1 aromatic carbocycles. The monoisotopic (exact) mass is 321 g/mol. The lowest BCUT2D eigenvalue weighted by Crippen LogP contribution is -2.43. The Labute approximate surface area is 137 Å². The highest BCUT2D eigenvalue weighted by Crippen LogP contribution is 2.22. The van der Waals surface area contributed by atoms with E-state index in [0.29, 0.717) is 11.6 Å². The Bertz CT molecular complexity index is 528. The molecule has 23 heavy (non-hydrogen) atoms. The molecule has 6 nitrogen and oxygen atoms in total. The summed E-state index contributed by atoms with van der Waals surface area (Å²) in [7, 11) is 2.12. The van der Waals surface area contributed by atoms with Gasteiger partial charge in [-0.25, -0.2) is 0 Å². The topological polar surface area (TPSA) is 69.8 Å². The van der Waals surface area contributed by atoms with Gasteiger partial charge in [-0.2, -0.15) is 0 Å². The third kappa shape index (κ3) is 4.99. The summed E-state index contributed by atoms with van der Waals surface area (Å²) in [5.74, 6) is 0. The van der Waals surface area contributed by atoms with E-state index < -0.39 is 0 Å². The van der Waals surface area contributed by atoms with Crippen LogP contribution in [0.2, 0.25) is 0 Å². The molecule has 1 fully saturated rings. The van der Waals surface area contributed by atoms with Crippen LogP contribution >= 0.6 is 0 Å². The van der Waals surface area contributed by atoms with Gasteiger partial charge in [0.05, 0.1) is 4.92 Å². The highest BCUT2D eigenvalue weighted by Gasteiger charge is 2.22. The van der Waals surface area contributed by atoms with Crippen molar-refractivity contribution in [1.29, 1.82) is 0 Å². The number of hydrogen-bond acceptors (Lipinski definition) is 5. The van der Waals surface area contributed by atoms with Crippen LogP contribution in [-0.2, 0) is 6.54 Å². The van der Waals surface area contributed by atoms with Crippen LogP contribution in [0.15, 0.2) is 18.2 Å². The van der Waals surface area contributed by atoms with E-state index in [1.54, 1.807) is 13.0 Å². The van der Waals surface area contributed by atoms with E-state index in [4.69, 9.17) is 5.11 Å². The summed E-state index contributed by atoms with van der Waals surface area (Å²) >= 11 is 0. The minimum Gasteiger partial charge on any atom is -0.396 e. The summed E-state index contributed by atoms with van der Waals surface area (Å²) in [6.07, 6.45) is 3.04. The number of nitrogens with zero attached hydrogens (tertiary/aromatic N) is 3. The molecule has 6 heteroatoms. The highest BCUT2D eigenvalue weighted by atomic mass is 16.6. The predicted octanol–water partition coefficient (Wildman–Crippen LogP) is 2.18. The number of aliphatic hydroxyl groups excluding tert-OH is 1. The third-order valence-corrected chi connectivity index (χ3v) is 4.73. The number of hydrogen-bond donors (Lipinski definition) is 1. The lowest BCUT2D eigenvalue weighted by Gasteiger charge is -2.36. The molecule has 0 aromatic heterocycles. The van der Waals surface area contributed by atoms with Crippen molar-refractivity contribution in [2.75, 3.05) is 33.3 Å². The molecular formula is C17H27N3O3. The van der Waals surface area contributed by atoms with Gasteiger partial charge in [-0.05, 0) is 51.9 Å². The average molecular weight is 321 g/mol. The first-order valence-corrected chi connectivity index (χ1v) is 8.28. The second-order valence-corrected chi connectivity index (χ2v) is 6.44. The fourth-order valence-electron chi connectivity index (χ4n) is 3.23. The Balaban J connectivity index is 1.87. The van der Waals surface area contributed by atoms with Gasteiger partial charge in [-0.15, -0.1) is 0 Å². The summed E-state index contributed by atoms with van der Waals surface area (Å²) in [6, 6.07) is 6.10. The van der Waals surface area contributed by atoms with Crippen LogP contribution in [0.4, 0.5) is 5.69 Å². The number of benzene rings is 1. The van der Waals surface area contributed by atoms with Crippen LogP contribution in [0.25, 0.3) is 0 Å². The quantitative estimate of drug-likeness (QED) is 0.616. The van der Waals surface area contributed by atoms with E-state index in [-0.39, 0.29) is 17.2 Å². The van der Waals surface area contributed by atoms with Gasteiger partial charge in [-0.1, -0.05) is 12.1 Å². The van der Waals surface area contributed by atoms with Crippen molar-refractivity contribution in [3.8, 4) is 0 Å². The van der Waals surface area contributed by atoms with E-state index >= 15 is 0 Å². The normalized spacial score (nSPS) is 16.9. The van der Waals surface area contributed by atoms with E-state index in [0.717, 1.165) is 51.0 Å². The second kappa shape index (κ2) is 8.38. The first-order valence-electron chi connectivity index (χ1n) is 8.28. The van der Waals surface area contributed by atoms with Gasteiger partial charge in [0, 0.05) is 37.4 Å². The van der Waals surface area contributed by atoms with Gasteiger partial charge in [-0.3, -0.25) is 15.0 Å². The van der Waals surface area contributed by atoms with Gasteiger partial charge >= 0.3 is 0 Å². The number of piperidine rings is 1. The van der Waals surface area contributed by atoms with Crippen molar-refractivity contribution in [3.05, 3.63) is 39.4 Å². The van der Waals surface area contributed by atoms with Crippen LogP contribution in [0, 0.1) is 17.0 Å². The number of aryl methyl sites for hydroxylation is 1. The molecule has 0 bridgehead atoms. The van der Waals surface area contributed by atoms with E-state index in [2.05, 4.69) is 16.8 Å². The maximum absolute atomic E-state index is 11.0. The zero-order valence-corrected chi connectivity index (χ0v) is 14.1. The van der Waals surface area contributed by atoms with E-state index in [1.165, 1.54) is 0 Å². The minimum absolute atomic E-state index is 0.209. The second-order valence-electron chi connectivity index (χ2n) is 6.44. The SMILES string of the molecule is Cc1ccc(CN2CCC(N(C)CCCO)CC2)cc1[N+](=O)[O-]. The Hall–Kier alpha value is -1.50. The van der Waals surface area contributed by atoms with Crippen LogP contribution in [0.3, 0.4) is 0 Å². The first-order chi connectivity index (χ1) is 11.0. The van der Waals surface area contributed by atoms with Gasteiger partial charge in [0.25, 0.3) is 5.69 Å². The third-order valence-electron chi connectivity index (χ3n) is 4.73. The van der Waals surface area contributed by atoms with Gasteiger partial charge < -0.3 is 10.0 Å². The lowest BCUT2D eigenvalue weighted by atomic mass is 10.0. The van der Waals surface area contributed by atoms with Crippen molar-refractivity contribution >= 4 is 5.69 Å². The maximum Gasteiger partial charge on any atom is 0.272 e. The van der Waals surface area contributed by atoms with Crippen molar-refractivity contribution in [2.45, 2.75) is 38.8 Å². The van der Waals surface area contributed by atoms with E-state index in [1.807, 2.05) is 12.1 Å². The van der Waals surface area contributed by atoms with Crippen molar-refractivity contribution < 1.29 is 10.0 Å². The molecule has 2 rings (SSSR count). The highest BCUT2D eigenvalue weighted by molar-refractivity contribution is 5.42. The zero-order chi connectivity index (χ0) is 16.8. The zero-order valence-electron chi connectivity index (χ0n) is 14.1. The fourth-order valence-corrected chi connectivity index (χ4v) is 3.23. The summed E-state index contributed by atoms with van der Waals surface area (Å²) < 4.78 is 0. The molecule has 1 N–H and O–H groups in total. The molecule has 1 heterocycles. The Morgan fingerprint density at radius 3 is 2.70 bits per heavy atom. The molecule has 0 spiro atoms. The molecule has 0 saturated carbocycles. The lowest BCUT2D eigenvalue weighted by molar-refractivity contribution is -0.385. The number of likely N-dealkylation sites (tertiary alicyclic amines) is 1. The van der Waals surface area contributed by atoms with Crippen LogP contribution in [0.1, 0.15) is 30.4 Å². The standard InChI is InChI=1S/C17H27N3O3/c1-14-4-5-15(12-17(14)20(22)23)13-19-9-6-16(7-10-19)18(2)8-3-11-21/h4-5,12,16,21H,3,6-11,13H2,1-2H3.